The number of hydrogen-bond acceptors (Lipinski definition) is 6. The molecule has 0 radical (unpaired) electrons. The van der Waals surface area contributed by atoms with Gasteiger partial charge in [-0.05, 0) is 12.1 Å². The first-order valence-electron chi connectivity index (χ1n) is 9.05. The van der Waals surface area contributed by atoms with E-state index >= 15 is 0 Å². The molecule has 2 aromatic heterocycles. The van der Waals surface area contributed by atoms with E-state index in [1.807, 2.05) is 23.6 Å². The first-order valence-corrected chi connectivity index (χ1v) is 10.3. The van der Waals surface area contributed by atoms with E-state index in [1.54, 1.807) is 17.0 Å². The van der Waals surface area contributed by atoms with Crippen LogP contribution in [0.15, 0.2) is 41.9 Å². The third kappa shape index (κ3) is 4.00. The number of amides is 2. The minimum Gasteiger partial charge on any atom is -0.364 e. The molecule has 3 N–H and O–H groups in total. The second-order valence-corrected chi connectivity index (χ2v) is 7.81. The zero-order valence-corrected chi connectivity index (χ0v) is 17.0. The number of nitrogens with two attached hydrogens (primary N) is 1. The van der Waals surface area contributed by atoms with Crippen molar-refractivity contribution in [2.75, 3.05) is 26.2 Å². The molecule has 0 spiro atoms. The van der Waals surface area contributed by atoms with Gasteiger partial charge in [-0.15, -0.1) is 11.3 Å². The zero-order valence-electron chi connectivity index (χ0n) is 15.4. The molecule has 9 heteroatoms. The summed E-state index contributed by atoms with van der Waals surface area (Å²) in [4.78, 5) is 35.3. The standard InChI is InChI=1S/C20H18ClN5O2S/c21-15-4-2-1-3-13(15)16-11-29-19(25-16)14-9-12(10-24-17(14)18(22)27)20(28)26-7-5-23-6-8-26/h1-4,9-11,23H,5-8H2,(H2,22,27). The van der Waals surface area contributed by atoms with E-state index in [0.717, 1.165) is 18.7 Å². The molecular formula is C20H18ClN5O2S. The van der Waals surface area contributed by atoms with Gasteiger partial charge in [0, 0.05) is 53.9 Å². The van der Waals surface area contributed by atoms with Crippen molar-refractivity contribution in [3.8, 4) is 21.8 Å². The Morgan fingerprint density at radius 2 is 1.93 bits per heavy atom. The molecule has 0 aliphatic carbocycles. The fraction of sp³-hybridized carbons (Fsp3) is 0.200. The Balaban J connectivity index is 1.73. The van der Waals surface area contributed by atoms with Crippen LogP contribution in [0.25, 0.3) is 21.8 Å². The number of thiazole rings is 1. The summed E-state index contributed by atoms with van der Waals surface area (Å²) in [7, 11) is 0. The number of primary amides is 1. The van der Waals surface area contributed by atoms with Gasteiger partial charge in [-0.1, -0.05) is 29.8 Å². The van der Waals surface area contributed by atoms with Crippen LogP contribution in [0.1, 0.15) is 20.8 Å². The van der Waals surface area contributed by atoms with Crippen LogP contribution in [-0.2, 0) is 0 Å². The number of piperazine rings is 1. The number of hydrogen-bond donors (Lipinski definition) is 2. The number of nitrogens with one attached hydrogen (secondary N) is 1. The molecule has 1 fully saturated rings. The summed E-state index contributed by atoms with van der Waals surface area (Å²) in [5, 5.41) is 6.20. The Kier molecular flexibility index (Phi) is 5.57. The number of benzene rings is 1. The first kappa shape index (κ1) is 19.5. The highest BCUT2D eigenvalue weighted by molar-refractivity contribution is 7.13. The van der Waals surface area contributed by atoms with Crippen molar-refractivity contribution in [2.45, 2.75) is 0 Å². The Hall–Kier alpha value is -2.81. The normalized spacial score (nSPS) is 14.0. The number of halogens is 1. The molecule has 3 heterocycles. The predicted octanol–water partition coefficient (Wildman–Crippen LogP) is 2.67. The van der Waals surface area contributed by atoms with Crippen molar-refractivity contribution in [1.82, 2.24) is 20.2 Å². The highest BCUT2D eigenvalue weighted by Crippen LogP contribution is 2.33. The maximum Gasteiger partial charge on any atom is 0.268 e. The molecular weight excluding hydrogens is 410 g/mol. The average Bonchev–Trinajstić information content (AvgIpc) is 3.23. The summed E-state index contributed by atoms with van der Waals surface area (Å²) >= 11 is 7.61. The smallest absolute Gasteiger partial charge is 0.268 e. The fourth-order valence-corrected chi connectivity index (χ4v) is 4.25. The minimum atomic E-state index is -0.671. The third-order valence-electron chi connectivity index (χ3n) is 4.66. The van der Waals surface area contributed by atoms with Gasteiger partial charge in [0.25, 0.3) is 11.8 Å². The average molecular weight is 428 g/mol. The van der Waals surface area contributed by atoms with Crippen molar-refractivity contribution < 1.29 is 9.59 Å². The SMILES string of the molecule is NC(=O)c1ncc(C(=O)N2CCNCC2)cc1-c1nc(-c2ccccc2Cl)cs1. The Morgan fingerprint density at radius 3 is 2.66 bits per heavy atom. The van der Waals surface area contributed by atoms with Gasteiger partial charge in [0.05, 0.1) is 11.3 Å². The van der Waals surface area contributed by atoms with Gasteiger partial charge < -0.3 is 16.0 Å². The molecule has 0 unspecified atom stereocenters. The van der Waals surface area contributed by atoms with Crippen molar-refractivity contribution in [1.29, 1.82) is 0 Å². The molecule has 0 saturated carbocycles. The minimum absolute atomic E-state index is 0.0851. The molecule has 1 aromatic carbocycles. The van der Waals surface area contributed by atoms with E-state index in [9.17, 15) is 9.59 Å². The van der Waals surface area contributed by atoms with Crippen LogP contribution in [0.3, 0.4) is 0 Å². The first-order chi connectivity index (χ1) is 14.0. The van der Waals surface area contributed by atoms with Gasteiger partial charge in [0.1, 0.15) is 10.7 Å². The molecule has 4 rings (SSSR count). The number of rotatable bonds is 4. The van der Waals surface area contributed by atoms with Crippen molar-refractivity contribution in [3.05, 3.63) is 58.2 Å². The van der Waals surface area contributed by atoms with Gasteiger partial charge >= 0.3 is 0 Å². The molecule has 3 aromatic rings. The van der Waals surface area contributed by atoms with Gasteiger partial charge in [-0.3, -0.25) is 9.59 Å². The molecule has 1 aliphatic heterocycles. The highest BCUT2D eigenvalue weighted by atomic mass is 35.5. The Morgan fingerprint density at radius 1 is 1.17 bits per heavy atom. The van der Waals surface area contributed by atoms with Gasteiger partial charge in [-0.25, -0.2) is 9.97 Å². The number of pyridine rings is 1. The maximum absolute atomic E-state index is 12.8. The van der Waals surface area contributed by atoms with Crippen LogP contribution in [-0.4, -0.2) is 52.9 Å². The largest absolute Gasteiger partial charge is 0.364 e. The lowest BCUT2D eigenvalue weighted by Gasteiger charge is -2.27. The monoisotopic (exact) mass is 427 g/mol. The topological polar surface area (TPSA) is 101 Å². The molecule has 148 valence electrons. The van der Waals surface area contributed by atoms with Gasteiger partial charge in [0.15, 0.2) is 0 Å². The van der Waals surface area contributed by atoms with Crippen LogP contribution in [0.5, 0.6) is 0 Å². The maximum atomic E-state index is 12.8. The van der Waals surface area contributed by atoms with E-state index in [-0.39, 0.29) is 11.6 Å². The van der Waals surface area contributed by atoms with Crippen LogP contribution in [0.4, 0.5) is 0 Å². The summed E-state index contributed by atoms with van der Waals surface area (Å²) < 4.78 is 0. The number of carbonyl (C=O) groups excluding carboxylic acids is 2. The molecule has 0 atom stereocenters. The van der Waals surface area contributed by atoms with E-state index in [0.29, 0.717) is 39.9 Å². The quantitative estimate of drug-likeness (QED) is 0.666. The summed E-state index contributed by atoms with van der Waals surface area (Å²) in [6.45, 7) is 2.75. The van der Waals surface area contributed by atoms with Gasteiger partial charge in [0.2, 0.25) is 0 Å². The molecule has 0 bridgehead atoms. The summed E-state index contributed by atoms with van der Waals surface area (Å²) in [6, 6.07) is 9.04. The van der Waals surface area contributed by atoms with Crippen LogP contribution >= 0.6 is 22.9 Å². The van der Waals surface area contributed by atoms with E-state index in [2.05, 4.69) is 15.3 Å². The molecule has 1 aliphatic rings. The molecule has 29 heavy (non-hydrogen) atoms. The molecule has 1 saturated heterocycles. The van der Waals surface area contributed by atoms with Crippen molar-refractivity contribution in [2.24, 2.45) is 5.73 Å². The van der Waals surface area contributed by atoms with Gasteiger partial charge in [-0.2, -0.15) is 0 Å². The second-order valence-electron chi connectivity index (χ2n) is 6.54. The lowest BCUT2D eigenvalue weighted by Crippen LogP contribution is -2.46. The van der Waals surface area contributed by atoms with Crippen molar-refractivity contribution in [3.63, 3.8) is 0 Å². The molecule has 7 nitrogen and oxygen atoms in total. The van der Waals surface area contributed by atoms with Crippen molar-refractivity contribution >= 4 is 34.8 Å². The number of carbonyl (C=O) groups is 2. The fourth-order valence-electron chi connectivity index (χ4n) is 3.18. The Labute approximate surface area is 176 Å². The van der Waals surface area contributed by atoms with Crippen LogP contribution in [0, 0.1) is 0 Å². The van der Waals surface area contributed by atoms with Crippen LogP contribution < -0.4 is 11.1 Å². The van der Waals surface area contributed by atoms with E-state index in [4.69, 9.17) is 17.3 Å². The number of nitrogens with zero attached hydrogens (tertiary/aromatic N) is 3. The Bertz CT molecular complexity index is 1080. The lowest BCUT2D eigenvalue weighted by atomic mass is 10.1. The molecule has 2 amide bonds. The van der Waals surface area contributed by atoms with Crippen LogP contribution in [0.2, 0.25) is 5.02 Å². The summed E-state index contributed by atoms with van der Waals surface area (Å²) in [5.74, 6) is -0.796. The number of aromatic nitrogens is 2. The highest BCUT2D eigenvalue weighted by Gasteiger charge is 2.22. The summed E-state index contributed by atoms with van der Waals surface area (Å²) in [5.41, 5.74) is 7.92. The lowest BCUT2D eigenvalue weighted by molar-refractivity contribution is 0.0735. The zero-order chi connectivity index (χ0) is 20.4. The van der Waals surface area contributed by atoms with E-state index < -0.39 is 5.91 Å². The predicted molar refractivity (Wildman–Crippen MR) is 113 cm³/mol. The summed E-state index contributed by atoms with van der Waals surface area (Å²) in [6.07, 6.45) is 1.40. The second kappa shape index (κ2) is 8.28. The third-order valence-corrected chi connectivity index (χ3v) is 5.86. The van der Waals surface area contributed by atoms with E-state index in [1.165, 1.54) is 17.5 Å².